The third kappa shape index (κ3) is 3.28. The molecule has 0 unspecified atom stereocenters. The summed E-state index contributed by atoms with van der Waals surface area (Å²) in [4.78, 5) is 16.0. The van der Waals surface area contributed by atoms with Crippen molar-refractivity contribution in [2.45, 2.75) is 6.42 Å². The van der Waals surface area contributed by atoms with Crippen molar-refractivity contribution in [1.82, 2.24) is 20.1 Å². The van der Waals surface area contributed by atoms with Crippen LogP contribution in [0.4, 0.5) is 0 Å². The van der Waals surface area contributed by atoms with E-state index >= 15 is 0 Å². The van der Waals surface area contributed by atoms with Crippen LogP contribution in [0.2, 0.25) is 0 Å². The molecule has 1 aromatic heterocycles. The van der Waals surface area contributed by atoms with E-state index in [9.17, 15) is 4.79 Å². The highest BCUT2D eigenvalue weighted by atomic mass is 127. The van der Waals surface area contributed by atoms with Crippen LogP contribution in [0.15, 0.2) is 30.6 Å². The Hall–Kier alpha value is -1.44. The quantitative estimate of drug-likeness (QED) is 0.843. The van der Waals surface area contributed by atoms with Crippen molar-refractivity contribution in [3.63, 3.8) is 0 Å². The zero-order chi connectivity index (χ0) is 13.0. The fraction of sp³-hybridized carbons (Fsp3) is 0.250. The number of nitrogens with one attached hydrogen (secondary N) is 1. The van der Waals surface area contributed by atoms with Gasteiger partial charge < -0.3 is 5.32 Å². The first kappa shape index (κ1) is 13.0. The van der Waals surface area contributed by atoms with Crippen molar-refractivity contribution in [1.29, 1.82) is 0 Å². The van der Waals surface area contributed by atoms with Crippen LogP contribution in [0.5, 0.6) is 0 Å². The molecule has 1 aromatic carbocycles. The molecule has 0 radical (unpaired) electrons. The minimum absolute atomic E-state index is 0.0593. The summed E-state index contributed by atoms with van der Waals surface area (Å²) < 4.78 is 2.60. The molecule has 0 aliphatic rings. The molecule has 5 nitrogen and oxygen atoms in total. The van der Waals surface area contributed by atoms with Gasteiger partial charge in [-0.15, -0.1) is 0 Å². The van der Waals surface area contributed by atoms with E-state index in [1.165, 1.54) is 0 Å². The van der Waals surface area contributed by atoms with E-state index in [1.54, 1.807) is 11.0 Å². The van der Waals surface area contributed by atoms with Gasteiger partial charge in [0.2, 0.25) is 0 Å². The number of aryl methyl sites for hydroxylation is 1. The molecule has 0 saturated heterocycles. The van der Waals surface area contributed by atoms with Gasteiger partial charge in [0.1, 0.15) is 6.33 Å². The Kier molecular flexibility index (Phi) is 4.29. The van der Waals surface area contributed by atoms with Crippen LogP contribution in [0.25, 0.3) is 0 Å². The standard InChI is InChI=1S/C12H13IN4O/c1-17-8-15-11(16-17)6-7-14-12(18)9-4-2-3-5-10(9)13/h2-5,8H,6-7H2,1H3,(H,14,18). The van der Waals surface area contributed by atoms with Crippen molar-refractivity contribution in [3.8, 4) is 0 Å². The predicted molar refractivity (Wildman–Crippen MR) is 76.2 cm³/mol. The summed E-state index contributed by atoms with van der Waals surface area (Å²) in [6.45, 7) is 0.536. The zero-order valence-corrected chi connectivity index (χ0v) is 12.1. The number of rotatable bonds is 4. The first-order valence-electron chi connectivity index (χ1n) is 5.54. The molecule has 0 bridgehead atoms. The number of carbonyl (C=O) groups is 1. The van der Waals surface area contributed by atoms with Gasteiger partial charge in [-0.25, -0.2) is 4.98 Å². The lowest BCUT2D eigenvalue weighted by Crippen LogP contribution is -2.26. The van der Waals surface area contributed by atoms with Crippen LogP contribution in [0.3, 0.4) is 0 Å². The summed E-state index contributed by atoms with van der Waals surface area (Å²) >= 11 is 2.15. The van der Waals surface area contributed by atoms with E-state index in [4.69, 9.17) is 0 Å². The lowest BCUT2D eigenvalue weighted by molar-refractivity contribution is 0.0953. The Labute approximate surface area is 119 Å². The minimum Gasteiger partial charge on any atom is -0.352 e. The smallest absolute Gasteiger partial charge is 0.252 e. The molecule has 0 atom stereocenters. The van der Waals surface area contributed by atoms with Crippen molar-refractivity contribution in [2.24, 2.45) is 7.05 Å². The Morgan fingerprint density at radius 3 is 2.89 bits per heavy atom. The van der Waals surface area contributed by atoms with Crippen molar-refractivity contribution < 1.29 is 4.79 Å². The first-order valence-corrected chi connectivity index (χ1v) is 6.62. The number of benzene rings is 1. The van der Waals surface area contributed by atoms with Crippen LogP contribution in [0, 0.1) is 3.57 Å². The number of hydrogen-bond acceptors (Lipinski definition) is 3. The second-order valence-electron chi connectivity index (χ2n) is 3.82. The maximum absolute atomic E-state index is 11.9. The monoisotopic (exact) mass is 356 g/mol. The third-order valence-corrected chi connectivity index (χ3v) is 3.34. The molecule has 0 fully saturated rings. The number of hydrogen-bond donors (Lipinski definition) is 1. The minimum atomic E-state index is -0.0593. The third-order valence-electron chi connectivity index (χ3n) is 2.40. The highest BCUT2D eigenvalue weighted by Gasteiger charge is 2.08. The van der Waals surface area contributed by atoms with Gasteiger partial charge in [0.25, 0.3) is 5.91 Å². The van der Waals surface area contributed by atoms with Crippen LogP contribution < -0.4 is 5.32 Å². The Bertz CT molecular complexity index is 553. The van der Waals surface area contributed by atoms with Gasteiger partial charge in [-0.05, 0) is 34.7 Å². The summed E-state index contributed by atoms with van der Waals surface area (Å²) in [6, 6.07) is 7.50. The second-order valence-corrected chi connectivity index (χ2v) is 4.98. The Morgan fingerprint density at radius 1 is 1.44 bits per heavy atom. The van der Waals surface area contributed by atoms with Gasteiger partial charge in [0.15, 0.2) is 5.82 Å². The van der Waals surface area contributed by atoms with E-state index in [0.29, 0.717) is 18.5 Å². The molecule has 0 aliphatic heterocycles. The van der Waals surface area contributed by atoms with Gasteiger partial charge in [-0.1, -0.05) is 12.1 Å². The van der Waals surface area contributed by atoms with Crippen LogP contribution in [-0.2, 0) is 13.5 Å². The van der Waals surface area contributed by atoms with Gasteiger partial charge >= 0.3 is 0 Å². The second kappa shape index (κ2) is 5.94. The fourth-order valence-electron chi connectivity index (χ4n) is 1.53. The summed E-state index contributed by atoms with van der Waals surface area (Å²) in [5.74, 6) is 0.677. The topological polar surface area (TPSA) is 59.8 Å². The van der Waals surface area contributed by atoms with Crippen molar-refractivity contribution >= 4 is 28.5 Å². The molecule has 6 heteroatoms. The molecule has 1 heterocycles. The van der Waals surface area contributed by atoms with Crippen LogP contribution in [0.1, 0.15) is 16.2 Å². The van der Waals surface area contributed by atoms with Gasteiger partial charge in [-0.2, -0.15) is 5.10 Å². The lowest BCUT2D eigenvalue weighted by Gasteiger charge is -2.05. The molecule has 0 aliphatic carbocycles. The summed E-state index contributed by atoms with van der Waals surface area (Å²) in [5, 5.41) is 7.02. The first-order chi connectivity index (χ1) is 8.66. The lowest BCUT2D eigenvalue weighted by atomic mass is 10.2. The summed E-state index contributed by atoms with van der Waals surface area (Å²) in [5.41, 5.74) is 0.701. The highest BCUT2D eigenvalue weighted by molar-refractivity contribution is 14.1. The van der Waals surface area contributed by atoms with Gasteiger partial charge in [0, 0.05) is 23.6 Å². The summed E-state index contributed by atoms with van der Waals surface area (Å²) in [7, 11) is 1.82. The summed E-state index contributed by atoms with van der Waals surface area (Å²) in [6.07, 6.45) is 2.29. The molecule has 0 spiro atoms. The fourth-order valence-corrected chi connectivity index (χ4v) is 2.16. The Balaban J connectivity index is 1.87. The predicted octanol–water partition coefficient (Wildman–Crippen LogP) is 1.39. The number of aromatic nitrogens is 3. The SMILES string of the molecule is Cn1cnc(CCNC(=O)c2ccccc2I)n1. The number of nitrogens with zero attached hydrogens (tertiary/aromatic N) is 3. The van der Waals surface area contributed by atoms with E-state index < -0.39 is 0 Å². The van der Waals surface area contributed by atoms with Crippen molar-refractivity contribution in [2.75, 3.05) is 6.54 Å². The normalized spacial score (nSPS) is 10.3. The molecular formula is C12H13IN4O. The molecule has 1 N–H and O–H groups in total. The number of carbonyl (C=O) groups excluding carboxylic acids is 1. The average Bonchev–Trinajstić information content (AvgIpc) is 2.75. The molecule has 18 heavy (non-hydrogen) atoms. The maximum Gasteiger partial charge on any atom is 0.252 e. The molecule has 0 saturated carbocycles. The van der Waals surface area contributed by atoms with E-state index in [2.05, 4.69) is 38.0 Å². The maximum atomic E-state index is 11.9. The largest absolute Gasteiger partial charge is 0.352 e. The van der Waals surface area contributed by atoms with E-state index in [0.717, 1.165) is 9.39 Å². The molecule has 94 valence electrons. The zero-order valence-electron chi connectivity index (χ0n) is 9.93. The van der Waals surface area contributed by atoms with Crippen molar-refractivity contribution in [3.05, 3.63) is 45.6 Å². The average molecular weight is 356 g/mol. The van der Waals surface area contributed by atoms with E-state index in [1.807, 2.05) is 31.3 Å². The van der Waals surface area contributed by atoms with Gasteiger partial charge in [0.05, 0.1) is 5.56 Å². The number of halogens is 1. The van der Waals surface area contributed by atoms with Gasteiger partial charge in [-0.3, -0.25) is 9.48 Å². The molecule has 2 rings (SSSR count). The highest BCUT2D eigenvalue weighted by Crippen LogP contribution is 2.10. The Morgan fingerprint density at radius 2 is 2.22 bits per heavy atom. The molecular weight excluding hydrogens is 343 g/mol. The molecule has 2 aromatic rings. The van der Waals surface area contributed by atoms with E-state index in [-0.39, 0.29) is 5.91 Å². The number of amides is 1. The molecule has 1 amide bonds. The van der Waals surface area contributed by atoms with Crippen LogP contribution >= 0.6 is 22.6 Å². The van der Waals surface area contributed by atoms with Crippen LogP contribution in [-0.4, -0.2) is 27.2 Å².